The van der Waals surface area contributed by atoms with E-state index < -0.39 is 5.63 Å². The van der Waals surface area contributed by atoms with Crippen LogP contribution in [-0.2, 0) is 17.8 Å². The number of nitrogens with zero attached hydrogens (tertiary/aromatic N) is 3. The molecule has 0 saturated carbocycles. The van der Waals surface area contributed by atoms with Gasteiger partial charge in [-0.05, 0) is 29.8 Å². The number of hydrogen-bond acceptors (Lipinski definition) is 7. The van der Waals surface area contributed by atoms with Crippen LogP contribution in [0.15, 0.2) is 70.1 Å². The van der Waals surface area contributed by atoms with Gasteiger partial charge in [0.25, 0.3) is 0 Å². The van der Waals surface area contributed by atoms with Crippen molar-refractivity contribution < 1.29 is 18.7 Å². The van der Waals surface area contributed by atoms with Crippen molar-refractivity contribution in [2.24, 2.45) is 0 Å². The maximum absolute atomic E-state index is 13.2. The van der Waals surface area contributed by atoms with E-state index >= 15 is 0 Å². The molecule has 2 aliphatic rings. The zero-order valence-electron chi connectivity index (χ0n) is 19.6. The Morgan fingerprint density at radius 2 is 1.66 bits per heavy atom. The maximum atomic E-state index is 13.2. The number of ether oxygens (including phenoxy) is 1. The van der Waals surface area contributed by atoms with Gasteiger partial charge in [0.1, 0.15) is 17.8 Å². The lowest BCUT2D eigenvalue weighted by atomic mass is 10.1. The minimum atomic E-state index is -0.505. The Morgan fingerprint density at radius 1 is 0.914 bits per heavy atom. The molecule has 2 aromatic carbocycles. The molecule has 0 amide bonds. The van der Waals surface area contributed by atoms with E-state index in [9.17, 15) is 14.3 Å². The average molecular weight is 480 g/mol. The normalized spacial score (nSPS) is 19.7. The van der Waals surface area contributed by atoms with Crippen molar-refractivity contribution in [3.05, 3.63) is 93.8 Å². The number of anilines is 1. The summed E-state index contributed by atoms with van der Waals surface area (Å²) in [6, 6.07) is 16.6. The third-order valence-corrected chi connectivity index (χ3v) is 6.81. The van der Waals surface area contributed by atoms with Crippen LogP contribution in [0.3, 0.4) is 0 Å². The molecular formula is C27H30FN3O4. The van der Waals surface area contributed by atoms with Crippen molar-refractivity contribution in [3.63, 3.8) is 0 Å². The predicted octanol–water partition coefficient (Wildman–Crippen LogP) is 3.38. The zero-order chi connectivity index (χ0) is 24.2. The van der Waals surface area contributed by atoms with Crippen molar-refractivity contribution in [2.75, 3.05) is 50.8 Å². The van der Waals surface area contributed by atoms with Crippen LogP contribution in [0.25, 0.3) is 0 Å². The highest BCUT2D eigenvalue weighted by molar-refractivity contribution is 5.46. The van der Waals surface area contributed by atoms with Gasteiger partial charge in [-0.15, -0.1) is 0 Å². The van der Waals surface area contributed by atoms with E-state index in [1.807, 2.05) is 30.3 Å². The quantitative estimate of drug-likeness (QED) is 0.581. The topological polar surface area (TPSA) is 69.4 Å². The standard InChI is InChI=1S/C27H30FN3O4/c28-22-6-8-23(9-7-22)31-12-10-29(11-13-31)16-21-19-35-27(33)24(26(21)32)17-30-14-15-34-25(18-30)20-4-2-1-3-5-20/h1-9,19,25,32H,10-18H2/t25-/m1/s1. The van der Waals surface area contributed by atoms with Crippen LogP contribution in [0.5, 0.6) is 5.75 Å². The summed E-state index contributed by atoms with van der Waals surface area (Å²) >= 11 is 0. The van der Waals surface area contributed by atoms with E-state index in [-0.39, 0.29) is 17.7 Å². The Hall–Kier alpha value is -3.20. The van der Waals surface area contributed by atoms with Gasteiger partial charge in [0.15, 0.2) is 0 Å². The molecule has 0 spiro atoms. The number of morpholine rings is 1. The Kier molecular flexibility index (Phi) is 7.13. The average Bonchev–Trinajstić information content (AvgIpc) is 2.90. The molecule has 0 bridgehead atoms. The molecule has 5 rings (SSSR count). The van der Waals surface area contributed by atoms with E-state index in [1.54, 1.807) is 12.1 Å². The highest BCUT2D eigenvalue weighted by atomic mass is 19.1. The molecule has 7 nitrogen and oxygen atoms in total. The van der Waals surface area contributed by atoms with Crippen LogP contribution >= 0.6 is 0 Å². The highest BCUT2D eigenvalue weighted by Crippen LogP contribution is 2.27. The first-order valence-corrected chi connectivity index (χ1v) is 12.0. The van der Waals surface area contributed by atoms with Gasteiger partial charge in [-0.3, -0.25) is 9.80 Å². The van der Waals surface area contributed by atoms with Crippen LogP contribution in [0, 0.1) is 5.82 Å². The molecule has 2 saturated heterocycles. The highest BCUT2D eigenvalue weighted by Gasteiger charge is 2.26. The van der Waals surface area contributed by atoms with E-state index in [1.165, 1.54) is 18.4 Å². The van der Waals surface area contributed by atoms with Gasteiger partial charge < -0.3 is 19.2 Å². The fraction of sp³-hybridized carbons (Fsp3) is 0.370. The minimum absolute atomic E-state index is 0.0185. The van der Waals surface area contributed by atoms with Crippen molar-refractivity contribution >= 4 is 5.69 Å². The molecule has 2 fully saturated rings. The molecule has 35 heavy (non-hydrogen) atoms. The van der Waals surface area contributed by atoms with Gasteiger partial charge in [0.2, 0.25) is 0 Å². The first-order valence-electron chi connectivity index (χ1n) is 12.0. The van der Waals surface area contributed by atoms with Gasteiger partial charge >= 0.3 is 5.63 Å². The van der Waals surface area contributed by atoms with Crippen molar-refractivity contribution in [1.82, 2.24) is 9.80 Å². The van der Waals surface area contributed by atoms with Crippen LogP contribution in [0.2, 0.25) is 0 Å². The summed E-state index contributed by atoms with van der Waals surface area (Å²) in [5, 5.41) is 11.0. The molecule has 1 N–H and O–H groups in total. The number of aromatic hydroxyl groups is 1. The SMILES string of the molecule is O=c1occ(CN2CCN(c3ccc(F)cc3)CC2)c(O)c1CN1CCO[C@@H](c2ccccc2)C1. The van der Waals surface area contributed by atoms with E-state index in [0.717, 1.165) is 37.4 Å². The van der Waals surface area contributed by atoms with Crippen LogP contribution < -0.4 is 10.5 Å². The number of hydrogen-bond donors (Lipinski definition) is 1. The van der Waals surface area contributed by atoms with Crippen molar-refractivity contribution in [1.29, 1.82) is 0 Å². The van der Waals surface area contributed by atoms with Gasteiger partial charge in [0.05, 0.1) is 18.3 Å². The Balaban J connectivity index is 1.22. The Bertz CT molecular complexity index is 1180. The number of piperazine rings is 1. The lowest BCUT2D eigenvalue weighted by Crippen LogP contribution is -2.46. The summed E-state index contributed by atoms with van der Waals surface area (Å²) in [6.45, 7) is 5.85. The smallest absolute Gasteiger partial charge is 0.343 e. The summed E-state index contributed by atoms with van der Waals surface area (Å²) in [5.41, 5.74) is 2.50. The van der Waals surface area contributed by atoms with Gasteiger partial charge in [0, 0.05) is 63.6 Å². The third kappa shape index (κ3) is 5.56. The summed E-state index contributed by atoms with van der Waals surface area (Å²) in [7, 11) is 0. The van der Waals surface area contributed by atoms with Crippen molar-refractivity contribution in [2.45, 2.75) is 19.2 Å². The zero-order valence-corrected chi connectivity index (χ0v) is 19.6. The van der Waals surface area contributed by atoms with Crippen LogP contribution in [0.1, 0.15) is 22.8 Å². The third-order valence-electron chi connectivity index (χ3n) is 6.81. The number of rotatable bonds is 6. The Morgan fingerprint density at radius 3 is 2.40 bits per heavy atom. The van der Waals surface area contributed by atoms with Crippen LogP contribution in [-0.4, -0.2) is 60.8 Å². The van der Waals surface area contributed by atoms with Crippen molar-refractivity contribution in [3.8, 4) is 5.75 Å². The second-order valence-corrected chi connectivity index (χ2v) is 9.12. The van der Waals surface area contributed by atoms with Crippen LogP contribution in [0.4, 0.5) is 10.1 Å². The summed E-state index contributed by atoms with van der Waals surface area (Å²) in [6.07, 6.45) is 1.30. The molecule has 3 aromatic rings. The fourth-order valence-electron chi connectivity index (χ4n) is 4.79. The van der Waals surface area contributed by atoms with E-state index in [2.05, 4.69) is 14.7 Å². The maximum Gasteiger partial charge on any atom is 0.343 e. The monoisotopic (exact) mass is 479 g/mol. The summed E-state index contributed by atoms with van der Waals surface area (Å²) in [5.74, 6) is -0.220. The molecular weight excluding hydrogens is 449 g/mol. The largest absolute Gasteiger partial charge is 0.507 e. The first kappa shape index (κ1) is 23.5. The van der Waals surface area contributed by atoms with Gasteiger partial charge in [-0.2, -0.15) is 0 Å². The predicted molar refractivity (Wildman–Crippen MR) is 131 cm³/mol. The van der Waals surface area contributed by atoms with E-state index in [4.69, 9.17) is 9.15 Å². The molecule has 184 valence electrons. The first-order chi connectivity index (χ1) is 17.1. The minimum Gasteiger partial charge on any atom is -0.507 e. The van der Waals surface area contributed by atoms with E-state index in [0.29, 0.717) is 43.9 Å². The summed E-state index contributed by atoms with van der Waals surface area (Å²) < 4.78 is 24.5. The molecule has 0 unspecified atom stereocenters. The molecule has 3 heterocycles. The molecule has 0 radical (unpaired) electrons. The Labute approximate surface area is 204 Å². The lowest BCUT2D eigenvalue weighted by Gasteiger charge is -2.36. The fourth-order valence-corrected chi connectivity index (χ4v) is 4.79. The summed E-state index contributed by atoms with van der Waals surface area (Å²) in [4.78, 5) is 19.1. The molecule has 1 atom stereocenters. The second-order valence-electron chi connectivity index (χ2n) is 9.12. The molecule has 8 heteroatoms. The molecule has 2 aliphatic heterocycles. The van der Waals surface area contributed by atoms with Gasteiger partial charge in [-0.25, -0.2) is 9.18 Å². The number of halogens is 1. The lowest BCUT2D eigenvalue weighted by molar-refractivity contribution is -0.0334. The molecule has 1 aromatic heterocycles. The second kappa shape index (κ2) is 10.6. The van der Waals surface area contributed by atoms with Gasteiger partial charge in [-0.1, -0.05) is 30.3 Å². The molecule has 0 aliphatic carbocycles. The number of benzene rings is 2.